The summed E-state index contributed by atoms with van der Waals surface area (Å²) in [6, 6.07) is 0. The Balaban J connectivity index is 2.92. The number of ether oxygens (including phenoxy) is 2. The number of carbonyl (C=O) groups is 1. The van der Waals surface area contributed by atoms with Gasteiger partial charge in [-0.15, -0.1) is 0 Å². The van der Waals surface area contributed by atoms with Gasteiger partial charge in [0.1, 0.15) is 18.3 Å². The van der Waals surface area contributed by atoms with Crippen LogP contribution in [0.2, 0.25) is 0 Å². The largest absolute Gasteiger partial charge is 0.478 e. The predicted octanol–water partition coefficient (Wildman–Crippen LogP) is 3.34. The molecule has 0 aromatic rings. The molecule has 0 aliphatic carbocycles. The summed E-state index contributed by atoms with van der Waals surface area (Å²) in [5.74, 6) is -1.03. The van der Waals surface area contributed by atoms with Crippen LogP contribution in [0.25, 0.3) is 0 Å². The number of hydrogen-bond donors (Lipinski definition) is 5. The fourth-order valence-corrected chi connectivity index (χ4v) is 3.56. The van der Waals surface area contributed by atoms with Crippen LogP contribution in [0.3, 0.4) is 0 Å². The van der Waals surface area contributed by atoms with Crippen LogP contribution in [-0.4, -0.2) is 73.9 Å². The molecule has 0 aromatic heterocycles. The van der Waals surface area contributed by atoms with Crippen molar-refractivity contribution in [3.05, 3.63) is 71.4 Å². The number of aliphatic hydroxyl groups is 4. The molecule has 1 rings (SSSR count). The molecule has 8 heteroatoms. The maximum atomic E-state index is 10.6. The lowest BCUT2D eigenvalue weighted by atomic mass is 9.98. The zero-order chi connectivity index (χ0) is 27.5. The Kier molecular flexibility index (Phi) is 13.2. The van der Waals surface area contributed by atoms with E-state index in [9.17, 15) is 25.2 Å². The molecule has 5 N–H and O–H groups in total. The van der Waals surface area contributed by atoms with Crippen molar-refractivity contribution in [2.24, 2.45) is 0 Å². The van der Waals surface area contributed by atoms with Gasteiger partial charge in [-0.3, -0.25) is 0 Å². The number of aliphatic carboxylic acids is 1. The molecule has 0 bridgehead atoms. The van der Waals surface area contributed by atoms with Crippen molar-refractivity contribution < 1.29 is 39.8 Å². The highest BCUT2D eigenvalue weighted by Crippen LogP contribution is 2.25. The standard InChI is InChI=1S/C28H42O8/c1-18(2)14-15-22(36-27-26(33)25(32)24(31)21(5)35-27)20(4)12-10-11-19(3)17-28(6,34)16-9-7-8-13-23(29)30/h7-14,17,21-22,24-27,31-34H,15-16H2,1-6H3,(H,29,30)/b9-7+,11-10+,13-8+,19-17+,20-12+/t21-,22+,24-,25+,26+,27-,28+/m0/s1. The van der Waals surface area contributed by atoms with Crippen LogP contribution >= 0.6 is 0 Å². The third kappa shape index (κ3) is 11.6. The molecule has 8 nitrogen and oxygen atoms in total. The fraction of sp³-hybridized carbons (Fsp3) is 0.536. The van der Waals surface area contributed by atoms with E-state index in [2.05, 4.69) is 0 Å². The van der Waals surface area contributed by atoms with Gasteiger partial charge < -0.3 is 35.0 Å². The van der Waals surface area contributed by atoms with E-state index in [0.29, 0.717) is 12.8 Å². The second-order valence-corrected chi connectivity index (χ2v) is 9.67. The molecule has 1 saturated heterocycles. The summed E-state index contributed by atoms with van der Waals surface area (Å²) in [5.41, 5.74) is 1.69. The average molecular weight is 507 g/mol. The third-order valence-corrected chi connectivity index (χ3v) is 5.63. The highest BCUT2D eigenvalue weighted by Gasteiger charge is 2.43. The van der Waals surface area contributed by atoms with Crippen molar-refractivity contribution >= 4 is 5.97 Å². The van der Waals surface area contributed by atoms with Crippen LogP contribution in [-0.2, 0) is 14.3 Å². The van der Waals surface area contributed by atoms with E-state index in [4.69, 9.17) is 14.6 Å². The number of rotatable bonds is 12. The molecule has 36 heavy (non-hydrogen) atoms. The van der Waals surface area contributed by atoms with Crippen LogP contribution in [0.1, 0.15) is 54.4 Å². The Morgan fingerprint density at radius 1 is 1.03 bits per heavy atom. The van der Waals surface area contributed by atoms with Gasteiger partial charge in [-0.25, -0.2) is 4.79 Å². The first-order valence-corrected chi connectivity index (χ1v) is 12.0. The molecule has 0 saturated carbocycles. The lowest BCUT2D eigenvalue weighted by Crippen LogP contribution is -2.58. The molecule has 1 heterocycles. The van der Waals surface area contributed by atoms with Crippen molar-refractivity contribution in [3.63, 3.8) is 0 Å². The molecule has 202 valence electrons. The topological polar surface area (TPSA) is 137 Å². The maximum Gasteiger partial charge on any atom is 0.328 e. The summed E-state index contributed by atoms with van der Waals surface area (Å²) in [6.07, 6.45) is 9.67. The van der Waals surface area contributed by atoms with E-state index in [1.54, 1.807) is 32.1 Å². The van der Waals surface area contributed by atoms with Gasteiger partial charge in [-0.1, -0.05) is 59.8 Å². The van der Waals surface area contributed by atoms with Gasteiger partial charge in [0.25, 0.3) is 0 Å². The molecule has 0 unspecified atom stereocenters. The SMILES string of the molecule is CC(C)=CC[C@@H](O[C@@H]1O[C@@H](C)[C@H](O)[C@@H](O)[C@H]1O)/C(C)=C/C=C/C(C)=C/[C@](C)(O)C/C=C/C=C/C(=O)O. The Hall–Kier alpha value is -2.33. The highest BCUT2D eigenvalue weighted by molar-refractivity contribution is 5.80. The summed E-state index contributed by atoms with van der Waals surface area (Å²) in [6.45, 7) is 11.0. The van der Waals surface area contributed by atoms with E-state index in [0.717, 1.165) is 22.8 Å². The summed E-state index contributed by atoms with van der Waals surface area (Å²) >= 11 is 0. The highest BCUT2D eigenvalue weighted by atomic mass is 16.7. The van der Waals surface area contributed by atoms with Crippen molar-refractivity contribution in [2.75, 3.05) is 0 Å². The van der Waals surface area contributed by atoms with Crippen LogP contribution < -0.4 is 0 Å². The first-order chi connectivity index (χ1) is 16.7. The molecule has 0 aromatic carbocycles. The minimum atomic E-state index is -1.38. The Morgan fingerprint density at radius 2 is 1.69 bits per heavy atom. The average Bonchev–Trinajstić information content (AvgIpc) is 2.77. The molecule has 7 atom stereocenters. The molecular weight excluding hydrogens is 464 g/mol. The van der Waals surface area contributed by atoms with Gasteiger partial charge >= 0.3 is 5.97 Å². The lowest BCUT2D eigenvalue weighted by Gasteiger charge is -2.40. The Labute approximate surface area is 214 Å². The minimum absolute atomic E-state index is 0.318. The third-order valence-electron chi connectivity index (χ3n) is 5.63. The quantitative estimate of drug-likeness (QED) is 0.154. The minimum Gasteiger partial charge on any atom is -0.478 e. The smallest absolute Gasteiger partial charge is 0.328 e. The second kappa shape index (κ2) is 15.0. The van der Waals surface area contributed by atoms with Crippen LogP contribution in [0, 0.1) is 0 Å². The summed E-state index contributed by atoms with van der Waals surface area (Å²) in [5, 5.41) is 49.5. The molecule has 1 aliphatic heterocycles. The van der Waals surface area contributed by atoms with Gasteiger partial charge in [0.2, 0.25) is 0 Å². The van der Waals surface area contributed by atoms with Gasteiger partial charge in [0.15, 0.2) is 6.29 Å². The van der Waals surface area contributed by atoms with E-state index in [1.165, 1.54) is 6.08 Å². The van der Waals surface area contributed by atoms with Crippen LogP contribution in [0.5, 0.6) is 0 Å². The van der Waals surface area contributed by atoms with Crippen molar-refractivity contribution in [3.8, 4) is 0 Å². The molecule has 0 amide bonds. The zero-order valence-electron chi connectivity index (χ0n) is 22.0. The fourth-order valence-electron chi connectivity index (χ4n) is 3.56. The van der Waals surface area contributed by atoms with Crippen LogP contribution in [0.4, 0.5) is 0 Å². The van der Waals surface area contributed by atoms with Crippen LogP contribution in [0.15, 0.2) is 71.4 Å². The maximum absolute atomic E-state index is 10.6. The second-order valence-electron chi connectivity index (χ2n) is 9.67. The van der Waals surface area contributed by atoms with Gasteiger partial charge in [-0.05, 0) is 60.0 Å². The summed E-state index contributed by atoms with van der Waals surface area (Å²) < 4.78 is 11.6. The number of aliphatic hydroxyl groups excluding tert-OH is 3. The Morgan fingerprint density at radius 3 is 2.31 bits per heavy atom. The van der Waals surface area contributed by atoms with Crippen molar-refractivity contribution in [2.45, 2.75) is 96.8 Å². The van der Waals surface area contributed by atoms with Gasteiger partial charge in [0, 0.05) is 6.08 Å². The van der Waals surface area contributed by atoms with E-state index >= 15 is 0 Å². The first kappa shape index (κ1) is 31.7. The van der Waals surface area contributed by atoms with Crippen molar-refractivity contribution in [1.82, 2.24) is 0 Å². The number of allylic oxidation sites excluding steroid dienone is 7. The molecule has 0 spiro atoms. The monoisotopic (exact) mass is 506 g/mol. The van der Waals surface area contributed by atoms with Gasteiger partial charge in [-0.2, -0.15) is 0 Å². The molecule has 1 aliphatic rings. The number of hydrogen-bond acceptors (Lipinski definition) is 7. The number of carboxylic acids is 1. The lowest BCUT2D eigenvalue weighted by molar-refractivity contribution is -0.300. The van der Waals surface area contributed by atoms with E-state index < -0.39 is 48.4 Å². The normalized spacial score (nSPS) is 28.6. The summed E-state index contributed by atoms with van der Waals surface area (Å²) in [7, 11) is 0. The molecule has 1 fully saturated rings. The number of carboxylic acid groups (broad SMARTS) is 1. The summed E-state index contributed by atoms with van der Waals surface area (Å²) in [4.78, 5) is 10.5. The molecular formula is C28H42O8. The zero-order valence-corrected chi connectivity index (χ0v) is 22.0. The van der Waals surface area contributed by atoms with E-state index in [-0.39, 0.29) is 0 Å². The first-order valence-electron chi connectivity index (χ1n) is 12.0. The predicted molar refractivity (Wildman–Crippen MR) is 139 cm³/mol. The van der Waals surface area contributed by atoms with Gasteiger partial charge in [0.05, 0.1) is 17.8 Å². The Bertz CT molecular complexity index is 889. The van der Waals surface area contributed by atoms with E-state index in [1.807, 2.05) is 52.0 Å². The molecule has 0 radical (unpaired) electrons. The van der Waals surface area contributed by atoms with Crippen molar-refractivity contribution in [1.29, 1.82) is 0 Å².